The number of aromatic nitrogens is 2. The van der Waals surface area contributed by atoms with Gasteiger partial charge in [0.1, 0.15) is 0 Å². The maximum absolute atomic E-state index is 6.11. The smallest absolute Gasteiger partial charge is 0.181 e. The molecule has 0 amide bonds. The van der Waals surface area contributed by atoms with Crippen molar-refractivity contribution >= 4 is 22.5 Å². The van der Waals surface area contributed by atoms with Gasteiger partial charge in [0.05, 0.1) is 11.9 Å². The second-order valence-corrected chi connectivity index (χ2v) is 4.55. The molecule has 0 radical (unpaired) electrons. The quantitative estimate of drug-likeness (QED) is 0.588. The summed E-state index contributed by atoms with van der Waals surface area (Å²) in [4.78, 5) is 7.82. The molecule has 0 aliphatic rings. The lowest BCUT2D eigenvalue weighted by atomic mass is 10.2. The summed E-state index contributed by atoms with van der Waals surface area (Å²) in [5, 5.41) is 4.50. The second-order valence-electron chi connectivity index (χ2n) is 4.19. The molecule has 1 aromatic carbocycles. The second kappa shape index (κ2) is 6.19. The summed E-state index contributed by atoms with van der Waals surface area (Å²) in [6, 6.07) is 11.2. The number of rotatable bonds is 4. The van der Waals surface area contributed by atoms with E-state index in [4.69, 9.17) is 16.0 Å². The highest BCUT2D eigenvalue weighted by molar-refractivity contribution is 6.69. The summed E-state index contributed by atoms with van der Waals surface area (Å²) in [5.74, 6) is 0.722. The van der Waals surface area contributed by atoms with Gasteiger partial charge in [0.2, 0.25) is 0 Å². The zero-order valence-corrected chi connectivity index (χ0v) is 11.7. The zero-order valence-electron chi connectivity index (χ0n) is 10.9. The van der Waals surface area contributed by atoms with Gasteiger partial charge < -0.3 is 4.42 Å². The van der Waals surface area contributed by atoms with E-state index in [1.165, 1.54) is 6.39 Å². The van der Waals surface area contributed by atoms with Crippen LogP contribution in [0.3, 0.4) is 0 Å². The lowest BCUT2D eigenvalue weighted by Crippen LogP contribution is -1.97. The minimum Gasteiger partial charge on any atom is -0.444 e. The van der Waals surface area contributed by atoms with Crippen LogP contribution in [0.15, 0.2) is 70.9 Å². The molecule has 0 aliphatic carbocycles. The molecule has 3 rings (SSSR count). The number of hydrazone groups is 1. The van der Waals surface area contributed by atoms with Crippen LogP contribution in [0.1, 0.15) is 5.56 Å². The largest absolute Gasteiger partial charge is 0.444 e. The van der Waals surface area contributed by atoms with Gasteiger partial charge in [-0.1, -0.05) is 11.6 Å². The number of oxazole rings is 1. The Labute approximate surface area is 126 Å². The number of hydrogen-bond donors (Lipinski definition) is 1. The highest BCUT2D eigenvalue weighted by atomic mass is 35.5. The van der Waals surface area contributed by atoms with Crippen LogP contribution >= 0.6 is 11.6 Å². The van der Waals surface area contributed by atoms with Crippen LogP contribution in [0.25, 0.3) is 11.3 Å². The molecule has 104 valence electrons. The highest BCUT2D eigenvalue weighted by Gasteiger charge is 2.01. The summed E-state index contributed by atoms with van der Waals surface area (Å²) in [6.07, 6.45) is 6.40. The molecule has 6 heteroatoms. The molecule has 2 heterocycles. The van der Waals surface area contributed by atoms with Crippen molar-refractivity contribution in [2.24, 2.45) is 5.10 Å². The standard InChI is InChI=1S/C15H11ClN4O/c16-15(12-5-7-17-8-6-12)20-19-13-3-1-11(2-4-13)14-9-18-10-21-14/h1-10,19H/b20-15-. The number of halogens is 1. The number of pyridine rings is 1. The Morgan fingerprint density at radius 1 is 1.05 bits per heavy atom. The van der Waals surface area contributed by atoms with Crippen molar-refractivity contribution in [1.29, 1.82) is 0 Å². The normalized spacial score (nSPS) is 11.4. The van der Waals surface area contributed by atoms with Crippen molar-refractivity contribution in [3.05, 3.63) is 66.9 Å². The molecule has 5 nitrogen and oxygen atoms in total. The van der Waals surface area contributed by atoms with Crippen molar-refractivity contribution in [3.63, 3.8) is 0 Å². The number of benzene rings is 1. The van der Waals surface area contributed by atoms with Gasteiger partial charge in [-0.25, -0.2) is 4.98 Å². The van der Waals surface area contributed by atoms with Gasteiger partial charge in [0.25, 0.3) is 0 Å². The average molecular weight is 299 g/mol. The average Bonchev–Trinajstić information content (AvgIpc) is 3.08. The third kappa shape index (κ3) is 3.27. The molecule has 0 saturated carbocycles. The molecule has 0 fully saturated rings. The van der Waals surface area contributed by atoms with E-state index in [2.05, 4.69) is 20.5 Å². The summed E-state index contributed by atoms with van der Waals surface area (Å²) in [7, 11) is 0. The third-order valence-corrected chi connectivity index (χ3v) is 3.11. The van der Waals surface area contributed by atoms with Crippen LogP contribution in [0, 0.1) is 0 Å². The fourth-order valence-corrected chi connectivity index (χ4v) is 1.90. The molecule has 0 atom stereocenters. The van der Waals surface area contributed by atoms with Crippen LogP contribution in [0.2, 0.25) is 0 Å². The molecule has 0 saturated heterocycles. The molecule has 0 aliphatic heterocycles. The van der Waals surface area contributed by atoms with Crippen LogP contribution in [-0.2, 0) is 0 Å². The monoisotopic (exact) mass is 298 g/mol. The number of nitrogens with one attached hydrogen (secondary N) is 1. The van der Waals surface area contributed by atoms with Gasteiger partial charge in [-0.15, -0.1) is 0 Å². The Morgan fingerprint density at radius 3 is 2.48 bits per heavy atom. The van der Waals surface area contributed by atoms with E-state index in [-0.39, 0.29) is 0 Å². The fourth-order valence-electron chi connectivity index (χ4n) is 1.73. The Kier molecular flexibility index (Phi) is 3.93. The van der Waals surface area contributed by atoms with Crippen LogP contribution < -0.4 is 5.43 Å². The zero-order chi connectivity index (χ0) is 14.5. The van der Waals surface area contributed by atoms with Gasteiger partial charge in [-0.3, -0.25) is 10.4 Å². The minimum absolute atomic E-state index is 0.372. The van der Waals surface area contributed by atoms with Gasteiger partial charge in [-0.2, -0.15) is 5.10 Å². The number of hydrogen-bond acceptors (Lipinski definition) is 5. The predicted molar refractivity (Wildman–Crippen MR) is 82.2 cm³/mol. The van der Waals surface area contributed by atoms with Crippen molar-refractivity contribution in [1.82, 2.24) is 9.97 Å². The molecule has 21 heavy (non-hydrogen) atoms. The Balaban J connectivity index is 1.71. The highest BCUT2D eigenvalue weighted by Crippen LogP contribution is 2.20. The Bertz CT molecular complexity index is 724. The molecule has 1 N–H and O–H groups in total. The first-order valence-electron chi connectivity index (χ1n) is 6.21. The van der Waals surface area contributed by atoms with Gasteiger partial charge in [0, 0.05) is 23.5 Å². The van der Waals surface area contributed by atoms with Gasteiger partial charge in [-0.05, 0) is 36.4 Å². The fraction of sp³-hybridized carbons (Fsp3) is 0. The molecule has 0 unspecified atom stereocenters. The first-order chi connectivity index (χ1) is 10.3. The summed E-state index contributed by atoms with van der Waals surface area (Å²) >= 11 is 6.11. The van der Waals surface area contributed by atoms with Gasteiger partial charge in [0.15, 0.2) is 17.3 Å². The first-order valence-corrected chi connectivity index (χ1v) is 6.59. The van der Waals surface area contributed by atoms with E-state index in [0.29, 0.717) is 5.17 Å². The van der Waals surface area contributed by atoms with Crippen LogP contribution in [-0.4, -0.2) is 15.1 Å². The molecular weight excluding hydrogens is 288 g/mol. The van der Waals surface area contributed by atoms with Crippen LogP contribution in [0.5, 0.6) is 0 Å². The van der Waals surface area contributed by atoms with Crippen molar-refractivity contribution in [3.8, 4) is 11.3 Å². The SMILES string of the molecule is Cl/C(=N\Nc1ccc(-c2cnco2)cc1)c1ccncc1. The van der Waals surface area contributed by atoms with E-state index < -0.39 is 0 Å². The van der Waals surface area contributed by atoms with Crippen LogP contribution in [0.4, 0.5) is 5.69 Å². The molecular formula is C15H11ClN4O. The first kappa shape index (κ1) is 13.3. The van der Waals surface area contributed by atoms with Crippen molar-refractivity contribution in [2.45, 2.75) is 0 Å². The molecule has 3 aromatic rings. The Hall–Kier alpha value is -2.66. The lowest BCUT2D eigenvalue weighted by Gasteiger charge is -2.03. The number of nitrogens with zero attached hydrogens (tertiary/aromatic N) is 3. The van der Waals surface area contributed by atoms with Crippen molar-refractivity contribution in [2.75, 3.05) is 5.43 Å². The van der Waals surface area contributed by atoms with E-state index in [9.17, 15) is 0 Å². The Morgan fingerprint density at radius 2 is 1.81 bits per heavy atom. The van der Waals surface area contributed by atoms with Crippen molar-refractivity contribution < 1.29 is 4.42 Å². The summed E-state index contributed by atoms with van der Waals surface area (Å²) in [6.45, 7) is 0. The molecule has 2 aromatic heterocycles. The summed E-state index contributed by atoms with van der Waals surface area (Å²) < 4.78 is 5.23. The third-order valence-electron chi connectivity index (χ3n) is 2.80. The maximum Gasteiger partial charge on any atom is 0.181 e. The summed E-state index contributed by atoms with van der Waals surface area (Å²) in [5.41, 5.74) is 5.48. The maximum atomic E-state index is 6.11. The number of anilines is 1. The van der Waals surface area contributed by atoms with E-state index in [1.807, 2.05) is 24.3 Å². The van der Waals surface area contributed by atoms with Gasteiger partial charge >= 0.3 is 0 Å². The minimum atomic E-state index is 0.372. The molecule has 0 bridgehead atoms. The topological polar surface area (TPSA) is 63.3 Å². The molecule has 0 spiro atoms. The predicted octanol–water partition coefficient (Wildman–Crippen LogP) is 3.75. The lowest BCUT2D eigenvalue weighted by molar-refractivity contribution is 0.572. The van der Waals surface area contributed by atoms with E-state index in [1.54, 1.807) is 30.7 Å². The van der Waals surface area contributed by atoms with E-state index in [0.717, 1.165) is 22.6 Å². The van der Waals surface area contributed by atoms with E-state index >= 15 is 0 Å².